The average Bonchev–Trinajstić information content (AvgIpc) is 2.99. The molecule has 0 bridgehead atoms. The molecule has 9 atom stereocenters. The SMILES string of the molecule is CCC(C(=O)O)C1CC(=O)CC2CC[C@@H]3[C@H](CC[C@]4(C)C(OC(C)=O)CC[C@@H]34)[C@]21C. The van der Waals surface area contributed by atoms with Crippen LogP contribution in [0.5, 0.6) is 0 Å². The molecule has 0 heterocycles. The molecule has 4 fully saturated rings. The highest BCUT2D eigenvalue weighted by Crippen LogP contribution is 2.68. The van der Waals surface area contributed by atoms with E-state index in [0.29, 0.717) is 42.9 Å². The number of ether oxygens (including phenoxy) is 1. The van der Waals surface area contributed by atoms with Gasteiger partial charge < -0.3 is 9.84 Å². The zero-order valence-corrected chi connectivity index (χ0v) is 19.0. The summed E-state index contributed by atoms with van der Waals surface area (Å²) in [6.07, 6.45) is 7.94. The third-order valence-electron chi connectivity index (χ3n) is 10.1. The van der Waals surface area contributed by atoms with E-state index in [9.17, 15) is 19.5 Å². The van der Waals surface area contributed by atoms with Crippen molar-refractivity contribution in [2.75, 3.05) is 0 Å². The van der Waals surface area contributed by atoms with Gasteiger partial charge in [0.25, 0.3) is 0 Å². The minimum atomic E-state index is -0.740. The predicted molar refractivity (Wildman–Crippen MR) is 113 cm³/mol. The lowest BCUT2D eigenvalue weighted by Crippen LogP contribution is -2.59. The van der Waals surface area contributed by atoms with Crippen LogP contribution in [0.4, 0.5) is 0 Å². The number of carbonyl (C=O) groups is 3. The van der Waals surface area contributed by atoms with E-state index >= 15 is 0 Å². The van der Waals surface area contributed by atoms with Crippen molar-refractivity contribution in [3.05, 3.63) is 0 Å². The van der Waals surface area contributed by atoms with Gasteiger partial charge in [-0.15, -0.1) is 0 Å². The van der Waals surface area contributed by atoms with Crippen LogP contribution in [0.3, 0.4) is 0 Å². The van der Waals surface area contributed by atoms with Crippen LogP contribution in [-0.4, -0.2) is 28.9 Å². The summed E-state index contributed by atoms with van der Waals surface area (Å²) in [5.74, 6) is 0.699. The molecule has 0 aromatic heterocycles. The Hall–Kier alpha value is -1.39. The first-order valence-electron chi connectivity index (χ1n) is 12.0. The first-order valence-corrected chi connectivity index (χ1v) is 12.0. The van der Waals surface area contributed by atoms with Crippen LogP contribution in [0.1, 0.15) is 85.5 Å². The van der Waals surface area contributed by atoms with E-state index in [1.54, 1.807) is 0 Å². The monoisotopic (exact) mass is 418 g/mol. The van der Waals surface area contributed by atoms with Gasteiger partial charge in [0.2, 0.25) is 0 Å². The fourth-order valence-electron chi connectivity index (χ4n) is 8.75. The topological polar surface area (TPSA) is 80.7 Å². The van der Waals surface area contributed by atoms with Gasteiger partial charge in [0, 0.05) is 25.2 Å². The van der Waals surface area contributed by atoms with Crippen LogP contribution < -0.4 is 0 Å². The van der Waals surface area contributed by atoms with Crippen LogP contribution in [0.25, 0.3) is 0 Å². The molecule has 5 heteroatoms. The highest BCUT2D eigenvalue weighted by atomic mass is 16.5. The van der Waals surface area contributed by atoms with Gasteiger partial charge in [-0.3, -0.25) is 14.4 Å². The lowest BCUT2D eigenvalue weighted by Gasteiger charge is -2.63. The summed E-state index contributed by atoms with van der Waals surface area (Å²) >= 11 is 0. The Morgan fingerprint density at radius 1 is 1.10 bits per heavy atom. The van der Waals surface area contributed by atoms with Crippen molar-refractivity contribution in [2.24, 2.45) is 46.3 Å². The Bertz CT molecular complexity index is 731. The zero-order valence-electron chi connectivity index (χ0n) is 19.0. The van der Waals surface area contributed by atoms with Crippen LogP contribution in [0.2, 0.25) is 0 Å². The van der Waals surface area contributed by atoms with Gasteiger partial charge in [0.1, 0.15) is 11.9 Å². The van der Waals surface area contributed by atoms with E-state index in [2.05, 4.69) is 13.8 Å². The highest BCUT2D eigenvalue weighted by Gasteiger charge is 2.64. The largest absolute Gasteiger partial charge is 0.481 e. The summed E-state index contributed by atoms with van der Waals surface area (Å²) in [6, 6.07) is 0. The van der Waals surface area contributed by atoms with Gasteiger partial charge in [-0.2, -0.15) is 0 Å². The van der Waals surface area contributed by atoms with E-state index in [-0.39, 0.29) is 34.6 Å². The highest BCUT2D eigenvalue weighted by molar-refractivity contribution is 5.81. The fraction of sp³-hybridized carbons (Fsp3) is 0.880. The number of esters is 1. The third kappa shape index (κ3) is 3.14. The van der Waals surface area contributed by atoms with Gasteiger partial charge in [-0.25, -0.2) is 0 Å². The number of rotatable bonds is 4. The van der Waals surface area contributed by atoms with Crippen molar-refractivity contribution in [3.8, 4) is 0 Å². The Labute approximate surface area is 180 Å². The first-order chi connectivity index (χ1) is 14.1. The summed E-state index contributed by atoms with van der Waals surface area (Å²) in [5.41, 5.74) is -0.0519. The van der Waals surface area contributed by atoms with Gasteiger partial charge in [0.05, 0.1) is 5.92 Å². The van der Waals surface area contributed by atoms with Crippen molar-refractivity contribution >= 4 is 17.7 Å². The van der Waals surface area contributed by atoms with E-state index in [4.69, 9.17) is 4.74 Å². The number of Topliss-reactive ketones (excluding diaryl/α,β-unsaturated/α-hetero) is 1. The summed E-state index contributed by atoms with van der Waals surface area (Å²) in [6.45, 7) is 8.11. The van der Waals surface area contributed by atoms with Crippen molar-refractivity contribution in [3.63, 3.8) is 0 Å². The summed E-state index contributed by atoms with van der Waals surface area (Å²) in [7, 11) is 0. The molecule has 0 aromatic rings. The maximum Gasteiger partial charge on any atom is 0.306 e. The average molecular weight is 419 g/mol. The number of hydrogen-bond acceptors (Lipinski definition) is 4. The second kappa shape index (κ2) is 7.63. The molecule has 0 radical (unpaired) electrons. The van der Waals surface area contributed by atoms with E-state index < -0.39 is 11.9 Å². The molecule has 4 saturated carbocycles. The van der Waals surface area contributed by atoms with Crippen molar-refractivity contribution < 1.29 is 24.2 Å². The van der Waals surface area contributed by atoms with E-state index in [1.165, 1.54) is 6.92 Å². The summed E-state index contributed by atoms with van der Waals surface area (Å²) in [5, 5.41) is 9.96. The molecule has 0 aromatic carbocycles. The molecule has 30 heavy (non-hydrogen) atoms. The van der Waals surface area contributed by atoms with Crippen molar-refractivity contribution in [1.29, 1.82) is 0 Å². The Morgan fingerprint density at radius 3 is 2.47 bits per heavy atom. The lowest BCUT2D eigenvalue weighted by atomic mass is 9.41. The standard InChI is InChI=1S/C25H38O5/c1-5-17(23(28)29)21-13-16(27)12-15-6-7-18-19-8-9-22(30-14(2)26)24(19,3)11-10-20(18)25(15,21)4/h15,17-22H,5-13H2,1-4H3,(H,28,29)/t15?,17?,18-,19-,20-,21?,22?,24-,25-/m0/s1. The van der Waals surface area contributed by atoms with Crippen LogP contribution in [0, 0.1) is 46.3 Å². The Kier molecular flexibility index (Phi) is 5.55. The minimum absolute atomic E-state index is 0.0117. The molecule has 1 N–H and O–H groups in total. The van der Waals surface area contributed by atoms with E-state index in [0.717, 1.165) is 38.5 Å². The summed E-state index contributed by atoms with van der Waals surface area (Å²) < 4.78 is 5.76. The molecule has 0 saturated heterocycles. The van der Waals surface area contributed by atoms with Crippen LogP contribution in [0.15, 0.2) is 0 Å². The number of aliphatic carboxylic acids is 1. The third-order valence-corrected chi connectivity index (χ3v) is 10.1. The van der Waals surface area contributed by atoms with Crippen LogP contribution >= 0.6 is 0 Å². The number of fused-ring (bicyclic) bond motifs is 5. The number of ketones is 1. The number of hydrogen-bond donors (Lipinski definition) is 1. The molecular weight excluding hydrogens is 380 g/mol. The molecule has 4 unspecified atom stereocenters. The number of carboxylic acids is 1. The van der Waals surface area contributed by atoms with Gasteiger partial charge in [-0.05, 0) is 80.0 Å². The quantitative estimate of drug-likeness (QED) is 0.659. The maximum atomic E-state index is 12.6. The first kappa shape index (κ1) is 21.8. The second-order valence-electron chi connectivity index (χ2n) is 11.1. The van der Waals surface area contributed by atoms with E-state index in [1.807, 2.05) is 6.92 Å². The molecule has 4 aliphatic carbocycles. The molecular formula is C25H38O5. The van der Waals surface area contributed by atoms with Crippen molar-refractivity contribution in [1.82, 2.24) is 0 Å². The maximum absolute atomic E-state index is 12.6. The smallest absolute Gasteiger partial charge is 0.306 e. The second-order valence-corrected chi connectivity index (χ2v) is 11.1. The number of carboxylic acid groups (broad SMARTS) is 1. The minimum Gasteiger partial charge on any atom is -0.481 e. The normalized spacial score (nSPS) is 46.3. The molecule has 4 rings (SSSR count). The molecule has 168 valence electrons. The van der Waals surface area contributed by atoms with Gasteiger partial charge >= 0.3 is 11.9 Å². The Morgan fingerprint density at radius 2 is 1.83 bits per heavy atom. The fourth-order valence-corrected chi connectivity index (χ4v) is 8.75. The molecule has 0 amide bonds. The molecule has 4 aliphatic rings. The van der Waals surface area contributed by atoms with Gasteiger partial charge in [0.15, 0.2) is 0 Å². The Balaban J connectivity index is 1.67. The molecule has 0 spiro atoms. The molecule has 0 aliphatic heterocycles. The van der Waals surface area contributed by atoms with Crippen LogP contribution in [-0.2, 0) is 19.1 Å². The van der Waals surface area contributed by atoms with Crippen molar-refractivity contribution in [2.45, 2.75) is 91.6 Å². The van der Waals surface area contributed by atoms with Gasteiger partial charge in [-0.1, -0.05) is 20.8 Å². The lowest BCUT2D eigenvalue weighted by molar-refractivity contribution is -0.177. The number of carbonyl (C=O) groups excluding carboxylic acids is 2. The predicted octanol–water partition coefficient (Wildman–Crippen LogP) is 4.87. The molecule has 5 nitrogen and oxygen atoms in total. The zero-order chi connectivity index (χ0) is 21.8. The summed E-state index contributed by atoms with van der Waals surface area (Å²) in [4.78, 5) is 36.4.